The molecule has 4 heterocycles. The fourth-order valence-corrected chi connectivity index (χ4v) is 4.95. The molecule has 1 aromatic heterocycles. The SMILES string of the molecule is CCNC(=NCCc1csc(N2CCCC2)n1)NC1CC2CCC1O2.I. The first kappa shape index (κ1) is 20.1. The molecule has 3 aliphatic rings. The number of anilines is 1. The summed E-state index contributed by atoms with van der Waals surface area (Å²) in [7, 11) is 0. The van der Waals surface area contributed by atoms with Crippen LogP contribution in [0.5, 0.6) is 0 Å². The summed E-state index contributed by atoms with van der Waals surface area (Å²) >= 11 is 1.77. The van der Waals surface area contributed by atoms with Crippen molar-refractivity contribution in [2.45, 2.75) is 63.7 Å². The number of halogens is 1. The van der Waals surface area contributed by atoms with Gasteiger partial charge in [-0.2, -0.15) is 0 Å². The molecule has 3 fully saturated rings. The Bertz CT molecular complexity index is 604. The van der Waals surface area contributed by atoms with E-state index < -0.39 is 0 Å². The third kappa shape index (κ3) is 4.81. The topological polar surface area (TPSA) is 61.8 Å². The molecule has 0 spiro atoms. The van der Waals surface area contributed by atoms with E-state index in [0.717, 1.165) is 50.7 Å². The minimum Gasteiger partial charge on any atom is -0.373 e. The Labute approximate surface area is 177 Å². The first-order valence-corrected chi connectivity index (χ1v) is 10.6. The summed E-state index contributed by atoms with van der Waals surface area (Å²) in [6, 6.07) is 0.414. The zero-order valence-corrected chi connectivity index (χ0v) is 18.6. The van der Waals surface area contributed by atoms with E-state index in [9.17, 15) is 0 Å². The van der Waals surface area contributed by atoms with Crippen LogP contribution in [0, 0.1) is 0 Å². The number of guanidine groups is 1. The molecular formula is C18H30IN5OS. The maximum atomic E-state index is 5.93. The van der Waals surface area contributed by atoms with Gasteiger partial charge in [-0.1, -0.05) is 0 Å². The van der Waals surface area contributed by atoms with Crippen molar-refractivity contribution in [1.29, 1.82) is 0 Å². The Morgan fingerprint density at radius 1 is 1.38 bits per heavy atom. The van der Waals surface area contributed by atoms with E-state index in [0.29, 0.717) is 18.2 Å². The predicted octanol–water partition coefficient (Wildman–Crippen LogP) is 2.78. The number of nitrogens with one attached hydrogen (secondary N) is 2. The van der Waals surface area contributed by atoms with Crippen LogP contribution in [0.15, 0.2) is 10.4 Å². The molecule has 0 aliphatic carbocycles. The molecule has 3 aliphatic heterocycles. The Morgan fingerprint density at radius 2 is 2.23 bits per heavy atom. The lowest BCUT2D eigenvalue weighted by Crippen LogP contribution is -2.47. The maximum Gasteiger partial charge on any atom is 0.191 e. The Balaban J connectivity index is 0.00000196. The largest absolute Gasteiger partial charge is 0.373 e. The molecule has 0 saturated carbocycles. The highest BCUT2D eigenvalue weighted by Crippen LogP contribution is 2.34. The van der Waals surface area contributed by atoms with Crippen LogP contribution in [0.2, 0.25) is 0 Å². The smallest absolute Gasteiger partial charge is 0.191 e. The van der Waals surface area contributed by atoms with Crippen molar-refractivity contribution in [3.05, 3.63) is 11.1 Å². The van der Waals surface area contributed by atoms with Crippen LogP contribution in [-0.2, 0) is 11.2 Å². The van der Waals surface area contributed by atoms with Gasteiger partial charge in [-0.3, -0.25) is 4.99 Å². The van der Waals surface area contributed by atoms with E-state index >= 15 is 0 Å². The van der Waals surface area contributed by atoms with Crippen LogP contribution < -0.4 is 15.5 Å². The number of aromatic nitrogens is 1. The fraction of sp³-hybridized carbons (Fsp3) is 0.778. The van der Waals surface area contributed by atoms with Gasteiger partial charge in [-0.15, -0.1) is 35.3 Å². The summed E-state index contributed by atoms with van der Waals surface area (Å²) in [6.07, 6.45) is 7.83. The van der Waals surface area contributed by atoms with E-state index in [1.54, 1.807) is 11.3 Å². The van der Waals surface area contributed by atoms with E-state index in [1.165, 1.54) is 30.8 Å². The van der Waals surface area contributed by atoms with Crippen LogP contribution >= 0.6 is 35.3 Å². The number of ether oxygens (including phenoxy) is 1. The van der Waals surface area contributed by atoms with E-state index in [2.05, 4.69) is 27.8 Å². The molecule has 6 nitrogen and oxygen atoms in total. The minimum atomic E-state index is 0. The predicted molar refractivity (Wildman–Crippen MR) is 118 cm³/mol. The molecule has 146 valence electrons. The lowest BCUT2D eigenvalue weighted by atomic mass is 9.96. The third-order valence-electron chi connectivity index (χ3n) is 5.33. The molecule has 4 rings (SSSR count). The highest BCUT2D eigenvalue weighted by atomic mass is 127. The number of nitrogens with zero attached hydrogens (tertiary/aromatic N) is 3. The number of rotatable bonds is 6. The van der Waals surface area contributed by atoms with Gasteiger partial charge in [0.2, 0.25) is 0 Å². The van der Waals surface area contributed by atoms with Gasteiger partial charge >= 0.3 is 0 Å². The maximum absolute atomic E-state index is 5.93. The molecule has 1 aromatic rings. The first-order valence-electron chi connectivity index (χ1n) is 9.71. The molecule has 0 radical (unpaired) electrons. The van der Waals surface area contributed by atoms with Crippen LogP contribution in [0.25, 0.3) is 0 Å². The number of hydrogen-bond acceptors (Lipinski definition) is 5. The van der Waals surface area contributed by atoms with Gasteiger partial charge in [0.15, 0.2) is 11.1 Å². The summed E-state index contributed by atoms with van der Waals surface area (Å²) in [6.45, 7) is 6.07. The van der Waals surface area contributed by atoms with Gasteiger partial charge in [0.25, 0.3) is 0 Å². The van der Waals surface area contributed by atoms with Crippen molar-refractivity contribution in [2.75, 3.05) is 31.1 Å². The minimum absolute atomic E-state index is 0. The fourth-order valence-electron chi connectivity index (χ4n) is 4.03. The Morgan fingerprint density at radius 3 is 2.92 bits per heavy atom. The van der Waals surface area contributed by atoms with Gasteiger partial charge in [0.05, 0.1) is 23.9 Å². The first-order chi connectivity index (χ1) is 12.3. The average Bonchev–Trinajstić information content (AvgIpc) is 3.39. The van der Waals surface area contributed by atoms with Crippen molar-refractivity contribution in [2.24, 2.45) is 4.99 Å². The monoisotopic (exact) mass is 491 g/mol. The lowest BCUT2D eigenvalue weighted by Gasteiger charge is -2.22. The van der Waals surface area contributed by atoms with Gasteiger partial charge in [0.1, 0.15) is 0 Å². The van der Waals surface area contributed by atoms with Crippen LogP contribution in [0.1, 0.15) is 44.7 Å². The normalized spacial score (nSPS) is 27.7. The van der Waals surface area contributed by atoms with E-state index in [4.69, 9.17) is 14.7 Å². The number of fused-ring (bicyclic) bond motifs is 2. The van der Waals surface area contributed by atoms with Crippen LogP contribution in [0.3, 0.4) is 0 Å². The van der Waals surface area contributed by atoms with Crippen molar-refractivity contribution in [3.8, 4) is 0 Å². The highest BCUT2D eigenvalue weighted by molar-refractivity contribution is 14.0. The number of aliphatic imine (C=N–C) groups is 1. The summed E-state index contributed by atoms with van der Waals surface area (Å²) in [5.74, 6) is 0.915. The summed E-state index contributed by atoms with van der Waals surface area (Å²) in [5, 5.41) is 10.3. The Hall–Kier alpha value is -0.610. The van der Waals surface area contributed by atoms with E-state index in [1.807, 2.05) is 0 Å². The zero-order chi connectivity index (χ0) is 17.1. The molecule has 3 unspecified atom stereocenters. The molecule has 0 aromatic carbocycles. The van der Waals surface area contributed by atoms with Crippen molar-refractivity contribution in [3.63, 3.8) is 0 Å². The molecule has 26 heavy (non-hydrogen) atoms. The summed E-state index contributed by atoms with van der Waals surface area (Å²) in [5.41, 5.74) is 1.16. The van der Waals surface area contributed by atoms with E-state index in [-0.39, 0.29) is 24.0 Å². The number of thiazole rings is 1. The average molecular weight is 491 g/mol. The standard InChI is InChI=1S/C18H29N5OS.HI/c1-2-19-17(22-15-11-14-5-6-16(15)24-14)20-8-7-13-12-25-18(21-13)23-9-3-4-10-23;/h12,14-16H,2-11H2,1H3,(H2,19,20,22);1H. The molecule has 3 saturated heterocycles. The van der Waals surface area contributed by atoms with Crippen molar-refractivity contribution >= 4 is 46.4 Å². The van der Waals surface area contributed by atoms with Crippen LogP contribution in [0.4, 0.5) is 5.13 Å². The van der Waals surface area contributed by atoms with Crippen molar-refractivity contribution in [1.82, 2.24) is 15.6 Å². The second-order valence-corrected chi connectivity index (χ2v) is 8.02. The van der Waals surface area contributed by atoms with Crippen LogP contribution in [-0.4, -0.2) is 55.4 Å². The van der Waals surface area contributed by atoms with Gasteiger partial charge in [0, 0.05) is 38.0 Å². The molecule has 2 N–H and O–H groups in total. The summed E-state index contributed by atoms with van der Waals surface area (Å²) in [4.78, 5) is 11.9. The quantitative estimate of drug-likeness (QED) is 0.364. The van der Waals surface area contributed by atoms with Gasteiger partial charge in [-0.05, 0) is 39.0 Å². The molecule has 0 amide bonds. The zero-order valence-electron chi connectivity index (χ0n) is 15.4. The van der Waals surface area contributed by atoms with Gasteiger partial charge in [-0.25, -0.2) is 4.98 Å². The molecular weight excluding hydrogens is 461 g/mol. The molecule has 3 atom stereocenters. The highest BCUT2D eigenvalue weighted by Gasteiger charge is 2.41. The summed E-state index contributed by atoms with van der Waals surface area (Å²) < 4.78 is 5.93. The Kier molecular flexibility index (Phi) is 7.39. The molecule has 8 heteroatoms. The second kappa shape index (κ2) is 9.54. The van der Waals surface area contributed by atoms with Gasteiger partial charge < -0.3 is 20.3 Å². The third-order valence-corrected chi connectivity index (χ3v) is 6.28. The lowest BCUT2D eigenvalue weighted by molar-refractivity contribution is 0.0992. The molecule has 2 bridgehead atoms. The second-order valence-electron chi connectivity index (χ2n) is 7.19. The van der Waals surface area contributed by atoms with Crippen molar-refractivity contribution < 1.29 is 4.74 Å². The number of hydrogen-bond donors (Lipinski definition) is 2.